The zero-order chi connectivity index (χ0) is 35.3. The van der Waals surface area contributed by atoms with Gasteiger partial charge in [0.05, 0.1) is 17.9 Å². The molecule has 0 bridgehead atoms. The molecule has 8 N–H and O–H groups in total. The Morgan fingerprint density at radius 2 is 1.62 bits per heavy atom. The predicted octanol–water partition coefficient (Wildman–Crippen LogP) is 4.33. The minimum atomic E-state index is -5.08. The molecule has 0 saturated carbocycles. The van der Waals surface area contributed by atoms with Gasteiger partial charge in [-0.1, -0.05) is 18.2 Å². The van der Waals surface area contributed by atoms with Gasteiger partial charge in [0.2, 0.25) is 0 Å². The summed E-state index contributed by atoms with van der Waals surface area (Å²) in [6.07, 6.45) is -5.18. The van der Waals surface area contributed by atoms with Crippen LogP contribution in [0.2, 0.25) is 0 Å². The summed E-state index contributed by atoms with van der Waals surface area (Å²) < 4.78 is 43.7. The number of carboxylic acid groups (broad SMARTS) is 2. The van der Waals surface area contributed by atoms with Crippen LogP contribution >= 0.6 is 0 Å². The van der Waals surface area contributed by atoms with Gasteiger partial charge in [-0.2, -0.15) is 13.2 Å². The first-order chi connectivity index (χ1) is 22.0. The second-order valence-electron chi connectivity index (χ2n) is 10.2. The number of nitrogens with zero attached hydrogens (tertiary/aromatic N) is 1. The van der Waals surface area contributed by atoms with Crippen LogP contribution in [0.1, 0.15) is 41.4 Å². The smallest absolute Gasteiger partial charge is 0.490 e. The maximum atomic E-state index is 13.5. The molecule has 0 spiro atoms. The van der Waals surface area contributed by atoms with Crippen molar-refractivity contribution >= 4 is 35.1 Å². The van der Waals surface area contributed by atoms with Crippen LogP contribution in [-0.2, 0) is 9.59 Å². The van der Waals surface area contributed by atoms with E-state index in [2.05, 4.69) is 16.2 Å². The number of nitrogen functional groups attached to an aromatic ring is 1. The number of halogens is 3. The molecule has 0 aliphatic carbocycles. The van der Waals surface area contributed by atoms with Gasteiger partial charge in [-0.3, -0.25) is 21.1 Å². The van der Waals surface area contributed by atoms with Crippen LogP contribution in [0.25, 0.3) is 0 Å². The van der Waals surface area contributed by atoms with Crippen molar-refractivity contribution in [1.29, 1.82) is 5.41 Å². The van der Waals surface area contributed by atoms with E-state index in [0.29, 0.717) is 41.5 Å². The normalized spacial score (nSPS) is 12.1. The van der Waals surface area contributed by atoms with E-state index in [-0.39, 0.29) is 23.2 Å². The third-order valence-corrected chi connectivity index (χ3v) is 6.04. The number of rotatable bonds is 14. The molecule has 254 valence electrons. The van der Waals surface area contributed by atoms with E-state index in [1.807, 2.05) is 32.8 Å². The number of aromatic carboxylic acids is 1. The molecule has 0 radical (unpaired) electrons. The van der Waals surface area contributed by atoms with Crippen LogP contribution < -0.4 is 31.4 Å². The molecule has 2 unspecified atom stereocenters. The number of hydrogen-bond donors (Lipinski definition) is 7. The number of likely N-dealkylation sites (N-methyl/N-ethyl adjacent to an activating group) is 1. The highest BCUT2D eigenvalue weighted by atomic mass is 19.4. The van der Waals surface area contributed by atoms with Gasteiger partial charge in [0, 0.05) is 17.8 Å². The van der Waals surface area contributed by atoms with E-state index in [4.69, 9.17) is 30.5 Å². The summed E-state index contributed by atoms with van der Waals surface area (Å²) in [6, 6.07) is 17.4. The number of ether oxygens (including phenoxy) is 2. The van der Waals surface area contributed by atoms with Crippen molar-refractivity contribution in [1.82, 2.24) is 10.3 Å². The Kier molecular flexibility index (Phi) is 13.8. The number of carbonyl (C=O) groups excluding carboxylic acids is 1. The molecule has 0 heterocycles. The first kappa shape index (κ1) is 37.7. The van der Waals surface area contributed by atoms with Crippen molar-refractivity contribution in [2.24, 2.45) is 5.73 Å². The summed E-state index contributed by atoms with van der Waals surface area (Å²) in [4.78, 5) is 36.0. The number of alkyl halides is 3. The molecule has 0 aliphatic rings. The number of para-hydroxylation sites is 1. The van der Waals surface area contributed by atoms with E-state index in [9.17, 15) is 27.9 Å². The predicted molar refractivity (Wildman–Crippen MR) is 169 cm³/mol. The Bertz CT molecular complexity index is 1530. The lowest BCUT2D eigenvalue weighted by Crippen LogP contribution is -2.37. The van der Waals surface area contributed by atoms with Gasteiger partial charge in [-0.25, -0.2) is 9.59 Å². The van der Waals surface area contributed by atoms with Crippen LogP contribution in [-0.4, -0.2) is 78.3 Å². The van der Waals surface area contributed by atoms with Crippen molar-refractivity contribution in [3.8, 4) is 11.5 Å². The van der Waals surface area contributed by atoms with Gasteiger partial charge in [0.1, 0.15) is 18.0 Å². The molecule has 0 saturated heterocycles. The van der Waals surface area contributed by atoms with Gasteiger partial charge < -0.3 is 35.6 Å². The largest absolute Gasteiger partial charge is 0.490 e. The fraction of sp³-hybridized carbons (Fsp3) is 0.290. The highest BCUT2D eigenvalue weighted by Gasteiger charge is 2.38. The van der Waals surface area contributed by atoms with Crippen molar-refractivity contribution in [3.05, 3.63) is 83.4 Å². The lowest BCUT2D eigenvalue weighted by atomic mass is 10.0. The maximum Gasteiger partial charge on any atom is 0.490 e. The second kappa shape index (κ2) is 17.3. The van der Waals surface area contributed by atoms with Crippen LogP contribution in [0.15, 0.2) is 66.7 Å². The molecule has 0 aromatic heterocycles. The Morgan fingerprint density at radius 1 is 1.00 bits per heavy atom. The quantitative estimate of drug-likeness (QED) is 0.0737. The molecule has 16 heteroatoms. The molecule has 47 heavy (non-hydrogen) atoms. The summed E-state index contributed by atoms with van der Waals surface area (Å²) >= 11 is 0. The van der Waals surface area contributed by atoms with Crippen molar-refractivity contribution in [2.45, 2.75) is 32.2 Å². The molecule has 1 amide bonds. The summed E-state index contributed by atoms with van der Waals surface area (Å²) in [6.45, 7) is 4.93. The summed E-state index contributed by atoms with van der Waals surface area (Å²) in [5, 5.41) is 27.4. The summed E-state index contributed by atoms with van der Waals surface area (Å²) in [5.41, 5.74) is 12.9. The number of aliphatic carboxylic acids is 1. The standard InChI is InChI=1S/C29H36N6O5.C2HF3O2/c1-5-39-25-16-20(12-15-24(25)40-18(2)17-35(3)4)26(32-21-13-10-19(11-14-21)27(30)31)28(36)34-33-23-9-7-6-8-22(23)29(37)38;3-2(4,5)1(6)7/h6-16,18,26,32-33H,5,17H2,1-4H3,(H3,30,31)(H,34,36)(H,37,38);(H,6,7). The van der Waals surface area contributed by atoms with Gasteiger partial charge in [0.25, 0.3) is 5.91 Å². The zero-order valence-electron chi connectivity index (χ0n) is 26.0. The number of carboxylic acids is 2. The second-order valence-corrected chi connectivity index (χ2v) is 10.2. The van der Waals surface area contributed by atoms with Crippen molar-refractivity contribution in [2.75, 3.05) is 38.0 Å². The van der Waals surface area contributed by atoms with E-state index in [1.54, 1.807) is 60.7 Å². The van der Waals surface area contributed by atoms with Gasteiger partial charge in [-0.05, 0) is 82.0 Å². The van der Waals surface area contributed by atoms with E-state index in [1.165, 1.54) is 6.07 Å². The lowest BCUT2D eigenvalue weighted by Gasteiger charge is -2.24. The van der Waals surface area contributed by atoms with Crippen molar-refractivity contribution in [3.63, 3.8) is 0 Å². The third kappa shape index (κ3) is 12.1. The highest BCUT2D eigenvalue weighted by Crippen LogP contribution is 2.33. The average molecular weight is 663 g/mol. The number of nitrogens with one attached hydrogen (secondary N) is 4. The number of amidine groups is 1. The monoisotopic (exact) mass is 662 g/mol. The third-order valence-electron chi connectivity index (χ3n) is 6.04. The van der Waals surface area contributed by atoms with Gasteiger partial charge in [-0.15, -0.1) is 0 Å². The Hall–Kier alpha value is -5.51. The van der Waals surface area contributed by atoms with Crippen LogP contribution in [0.5, 0.6) is 11.5 Å². The Balaban J connectivity index is 0.000000984. The number of amides is 1. The SMILES string of the molecule is CCOc1cc(C(Nc2ccc(C(=N)N)cc2)C(=O)NNc2ccccc2C(=O)O)ccc1OC(C)CN(C)C.O=C(O)C(F)(F)F. The summed E-state index contributed by atoms with van der Waals surface area (Å²) in [5.74, 6) is -3.39. The highest BCUT2D eigenvalue weighted by molar-refractivity contribution is 5.96. The molecule has 13 nitrogen and oxygen atoms in total. The number of nitrogens with two attached hydrogens (primary N) is 1. The maximum absolute atomic E-state index is 13.5. The number of anilines is 2. The van der Waals surface area contributed by atoms with Gasteiger partial charge >= 0.3 is 18.1 Å². The molecule has 3 rings (SSSR count). The molecular formula is C31H37F3N6O7. The molecule has 3 aromatic rings. The van der Waals surface area contributed by atoms with Crippen molar-refractivity contribution < 1.29 is 47.2 Å². The number of hydrogen-bond acceptors (Lipinski definition) is 9. The minimum absolute atomic E-state index is 0.0131. The molecule has 0 aliphatic heterocycles. The molecule has 0 fully saturated rings. The molecular weight excluding hydrogens is 625 g/mol. The number of carbonyl (C=O) groups is 3. The Labute approximate surface area is 268 Å². The molecule has 2 atom stereocenters. The fourth-order valence-electron chi connectivity index (χ4n) is 4.03. The van der Waals surface area contributed by atoms with E-state index >= 15 is 0 Å². The van der Waals surface area contributed by atoms with Crippen LogP contribution in [0, 0.1) is 5.41 Å². The zero-order valence-corrected chi connectivity index (χ0v) is 26.0. The minimum Gasteiger partial charge on any atom is -0.490 e. The first-order valence-corrected chi connectivity index (χ1v) is 14.0. The summed E-state index contributed by atoms with van der Waals surface area (Å²) in [7, 11) is 3.93. The lowest BCUT2D eigenvalue weighted by molar-refractivity contribution is -0.192. The fourth-order valence-corrected chi connectivity index (χ4v) is 4.03. The number of benzene rings is 3. The van der Waals surface area contributed by atoms with Gasteiger partial charge in [0.15, 0.2) is 11.5 Å². The van der Waals surface area contributed by atoms with Crippen LogP contribution in [0.4, 0.5) is 24.5 Å². The number of hydrazine groups is 1. The first-order valence-electron chi connectivity index (χ1n) is 14.0. The average Bonchev–Trinajstić information content (AvgIpc) is 2.99. The van der Waals surface area contributed by atoms with Crippen LogP contribution in [0.3, 0.4) is 0 Å². The Morgan fingerprint density at radius 3 is 2.15 bits per heavy atom. The molecule has 3 aromatic carbocycles. The topological polar surface area (TPSA) is 199 Å². The van der Waals surface area contributed by atoms with E-state index < -0.39 is 30.1 Å². The van der Waals surface area contributed by atoms with E-state index in [0.717, 1.165) is 0 Å².